The zero-order valence-corrected chi connectivity index (χ0v) is 14.4. The minimum atomic E-state index is -0.694. The molecule has 4 nitrogen and oxygen atoms in total. The van der Waals surface area contributed by atoms with Gasteiger partial charge in [-0.25, -0.2) is 0 Å². The first-order chi connectivity index (χ1) is 12.1. The highest BCUT2D eigenvalue weighted by Gasteiger charge is 2.45. The van der Waals surface area contributed by atoms with Crippen LogP contribution in [0.25, 0.3) is 11.1 Å². The van der Waals surface area contributed by atoms with Crippen molar-refractivity contribution in [3.63, 3.8) is 0 Å². The second-order valence-corrected chi connectivity index (χ2v) is 6.28. The van der Waals surface area contributed by atoms with Crippen LogP contribution in [0.2, 0.25) is 0 Å². The summed E-state index contributed by atoms with van der Waals surface area (Å²) in [4.78, 5) is 0. The molecule has 0 fully saturated rings. The molecule has 1 aliphatic carbocycles. The van der Waals surface area contributed by atoms with Gasteiger partial charge in [-0.05, 0) is 28.7 Å². The Bertz CT molecular complexity index is 819. The quantitative estimate of drug-likeness (QED) is 0.581. The Morgan fingerprint density at radius 2 is 1.28 bits per heavy atom. The molecule has 0 amide bonds. The van der Waals surface area contributed by atoms with E-state index in [0.717, 1.165) is 30.4 Å². The largest absolute Gasteiger partial charge is 0.192 e. The Morgan fingerprint density at radius 3 is 1.64 bits per heavy atom. The van der Waals surface area contributed by atoms with Crippen LogP contribution in [-0.4, -0.2) is 0 Å². The van der Waals surface area contributed by atoms with Gasteiger partial charge in [-0.3, -0.25) is 0 Å². The van der Waals surface area contributed by atoms with E-state index >= 15 is 0 Å². The van der Waals surface area contributed by atoms with Gasteiger partial charge in [-0.1, -0.05) is 57.4 Å². The van der Waals surface area contributed by atoms with Crippen LogP contribution < -0.4 is 0 Å². The van der Waals surface area contributed by atoms with Crippen molar-refractivity contribution in [2.24, 2.45) is 5.41 Å². The van der Waals surface area contributed by atoms with Crippen LogP contribution in [0, 0.1) is 50.7 Å². The molecule has 1 aromatic rings. The average Bonchev–Trinajstić information content (AvgIpc) is 2.88. The van der Waals surface area contributed by atoms with Gasteiger partial charge in [0.2, 0.25) is 0 Å². The highest BCUT2D eigenvalue weighted by atomic mass is 14.5. The molecule has 0 bridgehead atoms. The van der Waals surface area contributed by atoms with E-state index in [-0.39, 0.29) is 11.1 Å². The van der Waals surface area contributed by atoms with Gasteiger partial charge in [0.05, 0.1) is 0 Å². The van der Waals surface area contributed by atoms with Crippen molar-refractivity contribution in [3.8, 4) is 24.3 Å². The second kappa shape index (κ2) is 7.49. The molecule has 0 heterocycles. The number of rotatable bonds is 4. The molecule has 0 aliphatic heterocycles. The molecule has 2 rings (SSSR count). The number of benzene rings is 1. The lowest BCUT2D eigenvalue weighted by Gasteiger charge is -2.29. The van der Waals surface area contributed by atoms with Crippen molar-refractivity contribution < 1.29 is 0 Å². The number of unbranched alkanes of at least 4 members (excludes halogenated alkanes) is 2. The predicted molar refractivity (Wildman–Crippen MR) is 95.0 cm³/mol. The molecule has 0 spiro atoms. The molecule has 0 saturated heterocycles. The van der Waals surface area contributed by atoms with Gasteiger partial charge in [0.1, 0.15) is 35.4 Å². The predicted octanol–water partition coefficient (Wildman–Crippen LogP) is 4.89. The van der Waals surface area contributed by atoms with Crippen LogP contribution in [0.3, 0.4) is 0 Å². The summed E-state index contributed by atoms with van der Waals surface area (Å²) in [6.07, 6.45) is 3.62. The van der Waals surface area contributed by atoms with E-state index < -0.39 is 5.41 Å². The van der Waals surface area contributed by atoms with Gasteiger partial charge in [-0.15, -0.1) is 0 Å². The standard InChI is InChI=1S/C21H18N4/c1-3-4-7-10-21(2)19(15(11-22)12-23)17-8-5-6-9-18(17)20(21)16(13-24)14-25/h5-6,8-9H,3-4,7,10H2,1-2H3. The molecular formula is C21H18N4. The first-order valence-corrected chi connectivity index (χ1v) is 8.28. The molecule has 0 aromatic heterocycles. The summed E-state index contributed by atoms with van der Waals surface area (Å²) in [7, 11) is 0. The van der Waals surface area contributed by atoms with Crippen molar-refractivity contribution in [1.29, 1.82) is 21.0 Å². The third kappa shape index (κ3) is 2.92. The van der Waals surface area contributed by atoms with Crippen molar-refractivity contribution >= 4 is 11.1 Å². The summed E-state index contributed by atoms with van der Waals surface area (Å²) in [5.74, 6) is 0. The molecule has 25 heavy (non-hydrogen) atoms. The van der Waals surface area contributed by atoms with Gasteiger partial charge in [0.25, 0.3) is 0 Å². The Hall–Kier alpha value is -3.34. The maximum Gasteiger partial charge on any atom is 0.134 e. The Balaban J connectivity index is 2.89. The molecule has 0 radical (unpaired) electrons. The Morgan fingerprint density at radius 1 is 0.840 bits per heavy atom. The van der Waals surface area contributed by atoms with Gasteiger partial charge < -0.3 is 0 Å². The first kappa shape index (κ1) is 18.0. The van der Waals surface area contributed by atoms with E-state index in [1.807, 2.05) is 55.5 Å². The lowest BCUT2D eigenvalue weighted by Crippen LogP contribution is -2.17. The minimum absolute atomic E-state index is 0.0525. The van der Waals surface area contributed by atoms with Gasteiger partial charge in [0.15, 0.2) is 0 Å². The van der Waals surface area contributed by atoms with E-state index in [0.29, 0.717) is 17.6 Å². The molecule has 0 saturated carbocycles. The van der Waals surface area contributed by atoms with E-state index in [4.69, 9.17) is 0 Å². The monoisotopic (exact) mass is 326 g/mol. The molecule has 0 unspecified atom stereocenters. The summed E-state index contributed by atoms with van der Waals surface area (Å²) in [5.41, 5.74) is 2.24. The Labute approximate surface area is 148 Å². The fraction of sp³-hybridized carbons (Fsp3) is 0.333. The van der Waals surface area contributed by atoms with Crippen LogP contribution in [0.4, 0.5) is 0 Å². The van der Waals surface area contributed by atoms with Crippen LogP contribution in [0.1, 0.15) is 50.7 Å². The zero-order chi connectivity index (χ0) is 18.4. The number of nitriles is 4. The SMILES string of the molecule is CCCCCC1(C)C(=C(C#N)C#N)c2ccccc2C1=C(C#N)C#N. The Kier molecular flexibility index (Phi) is 5.39. The number of fused-ring (bicyclic) bond motifs is 1. The van der Waals surface area contributed by atoms with Crippen LogP contribution >= 0.6 is 0 Å². The van der Waals surface area contributed by atoms with Crippen LogP contribution in [0.5, 0.6) is 0 Å². The van der Waals surface area contributed by atoms with E-state index in [1.54, 1.807) is 0 Å². The zero-order valence-electron chi connectivity index (χ0n) is 14.4. The summed E-state index contributed by atoms with van der Waals surface area (Å²) in [6, 6.07) is 15.4. The fourth-order valence-electron chi connectivity index (χ4n) is 3.71. The minimum Gasteiger partial charge on any atom is -0.192 e. The fourth-order valence-corrected chi connectivity index (χ4v) is 3.71. The average molecular weight is 326 g/mol. The van der Waals surface area contributed by atoms with Crippen LogP contribution in [-0.2, 0) is 0 Å². The lowest BCUT2D eigenvalue weighted by atomic mass is 9.72. The molecule has 122 valence electrons. The smallest absolute Gasteiger partial charge is 0.134 e. The van der Waals surface area contributed by atoms with Gasteiger partial charge >= 0.3 is 0 Å². The molecule has 1 aliphatic rings. The molecule has 0 atom stereocenters. The molecule has 4 heteroatoms. The van der Waals surface area contributed by atoms with Gasteiger partial charge in [0, 0.05) is 5.41 Å². The highest BCUT2D eigenvalue weighted by molar-refractivity contribution is 6.02. The third-order valence-corrected chi connectivity index (χ3v) is 4.80. The lowest BCUT2D eigenvalue weighted by molar-refractivity contribution is 0.502. The molecule has 0 N–H and O–H groups in total. The third-order valence-electron chi connectivity index (χ3n) is 4.80. The maximum absolute atomic E-state index is 9.48. The number of hydrogen-bond donors (Lipinski definition) is 0. The van der Waals surface area contributed by atoms with Crippen molar-refractivity contribution in [2.75, 3.05) is 0 Å². The number of allylic oxidation sites excluding steroid dienone is 4. The highest BCUT2D eigenvalue weighted by Crippen LogP contribution is 2.58. The molecule has 1 aromatic carbocycles. The van der Waals surface area contributed by atoms with Gasteiger partial charge in [-0.2, -0.15) is 21.0 Å². The maximum atomic E-state index is 9.48. The van der Waals surface area contributed by atoms with Crippen LogP contribution in [0.15, 0.2) is 35.4 Å². The van der Waals surface area contributed by atoms with Crippen molar-refractivity contribution in [2.45, 2.75) is 39.5 Å². The molecular weight excluding hydrogens is 308 g/mol. The number of hydrogen-bond acceptors (Lipinski definition) is 4. The van der Waals surface area contributed by atoms with Crippen molar-refractivity contribution in [3.05, 3.63) is 46.5 Å². The normalized spacial score (nSPS) is 13.8. The summed E-state index contributed by atoms with van der Waals surface area (Å²) in [5, 5.41) is 37.9. The first-order valence-electron chi connectivity index (χ1n) is 8.28. The number of nitrogens with zero attached hydrogens (tertiary/aromatic N) is 4. The summed E-state index contributed by atoms with van der Waals surface area (Å²) in [6.45, 7) is 4.04. The summed E-state index contributed by atoms with van der Waals surface area (Å²) < 4.78 is 0. The van der Waals surface area contributed by atoms with Crippen molar-refractivity contribution in [1.82, 2.24) is 0 Å². The van der Waals surface area contributed by atoms with E-state index in [9.17, 15) is 21.0 Å². The van der Waals surface area contributed by atoms with E-state index in [2.05, 4.69) is 6.92 Å². The van der Waals surface area contributed by atoms with E-state index in [1.165, 1.54) is 0 Å². The summed E-state index contributed by atoms with van der Waals surface area (Å²) >= 11 is 0. The second-order valence-electron chi connectivity index (χ2n) is 6.28. The topological polar surface area (TPSA) is 95.2 Å².